The van der Waals surface area contributed by atoms with Crippen LogP contribution in [0.3, 0.4) is 0 Å². The zero-order valence-corrected chi connectivity index (χ0v) is 19.7. The van der Waals surface area contributed by atoms with E-state index in [1.807, 2.05) is 37.3 Å². The van der Waals surface area contributed by atoms with Crippen LogP contribution in [0.1, 0.15) is 55.9 Å². The van der Waals surface area contributed by atoms with Crippen LogP contribution in [0.15, 0.2) is 78.4 Å². The predicted octanol–water partition coefficient (Wildman–Crippen LogP) is 4.48. The van der Waals surface area contributed by atoms with E-state index in [1.54, 1.807) is 24.3 Å². The summed E-state index contributed by atoms with van der Waals surface area (Å²) in [5, 5.41) is 0. The topological polar surface area (TPSA) is 57.7 Å². The summed E-state index contributed by atoms with van der Waals surface area (Å²) < 4.78 is 0. The summed E-state index contributed by atoms with van der Waals surface area (Å²) >= 11 is 0. The summed E-state index contributed by atoms with van der Waals surface area (Å²) in [7, 11) is 0. The molecule has 0 fully saturated rings. The van der Waals surface area contributed by atoms with E-state index in [1.165, 1.54) is 16.0 Å². The van der Waals surface area contributed by atoms with E-state index in [4.69, 9.17) is 0 Å². The average molecular weight is 463 g/mol. The molecule has 1 aliphatic carbocycles. The molecule has 0 bridgehead atoms. The molecule has 2 heterocycles. The van der Waals surface area contributed by atoms with Crippen LogP contribution in [0.5, 0.6) is 0 Å². The fraction of sp³-hybridized carbons (Fsp3) is 0.233. The number of allylic oxidation sites excluding steroid dienone is 1. The van der Waals surface area contributed by atoms with E-state index in [2.05, 4.69) is 23.1 Å². The van der Waals surface area contributed by atoms with Gasteiger partial charge in [-0.05, 0) is 54.2 Å². The Kier molecular flexibility index (Phi) is 5.23. The average Bonchev–Trinajstić information content (AvgIpc) is 3.34. The molecule has 6 rings (SSSR count). The lowest BCUT2D eigenvalue weighted by Crippen LogP contribution is -2.45. The van der Waals surface area contributed by atoms with Gasteiger partial charge in [0.1, 0.15) is 0 Å². The number of carbonyl (C=O) groups excluding carboxylic acids is 3. The van der Waals surface area contributed by atoms with Gasteiger partial charge in [0.25, 0.3) is 11.8 Å². The lowest BCUT2D eigenvalue weighted by atomic mass is 9.91. The number of benzene rings is 3. The third kappa shape index (κ3) is 3.55. The number of hydrogen-bond donors (Lipinski definition) is 0. The quantitative estimate of drug-likeness (QED) is 0.525. The summed E-state index contributed by atoms with van der Waals surface area (Å²) in [5.74, 6) is -0.425. The summed E-state index contributed by atoms with van der Waals surface area (Å²) in [6, 6.07) is 23.0. The summed E-state index contributed by atoms with van der Waals surface area (Å²) in [6.07, 6.45) is 1.63. The van der Waals surface area contributed by atoms with Crippen LogP contribution in [0.25, 0.3) is 5.57 Å². The molecule has 0 radical (unpaired) electrons. The third-order valence-corrected chi connectivity index (χ3v) is 7.55. The Labute approximate surface area is 204 Å². The maximum absolute atomic E-state index is 13.6. The van der Waals surface area contributed by atoms with E-state index in [-0.39, 0.29) is 36.7 Å². The second-order valence-electron chi connectivity index (χ2n) is 9.61. The molecule has 3 aromatic carbocycles. The summed E-state index contributed by atoms with van der Waals surface area (Å²) in [6.45, 7) is 3.22. The van der Waals surface area contributed by atoms with Gasteiger partial charge in [-0.1, -0.05) is 66.2 Å². The van der Waals surface area contributed by atoms with Gasteiger partial charge in [-0.15, -0.1) is 0 Å². The van der Waals surface area contributed by atoms with Crippen LogP contribution in [0, 0.1) is 0 Å². The SMILES string of the molecule is CC1=C(C(=O)CN2CCc3ccccc3C2CN2C(=O)c3ccccc3C2=O)c2ccccc2C1. The van der Waals surface area contributed by atoms with Gasteiger partial charge in [-0.25, -0.2) is 0 Å². The highest BCUT2D eigenvalue weighted by atomic mass is 16.2. The van der Waals surface area contributed by atoms with Gasteiger partial charge in [0, 0.05) is 18.7 Å². The molecule has 0 saturated carbocycles. The normalized spacial score (nSPS) is 19.1. The maximum Gasteiger partial charge on any atom is 0.261 e. The molecule has 3 aliphatic rings. The molecule has 1 atom stereocenters. The molecule has 174 valence electrons. The number of hydrogen-bond acceptors (Lipinski definition) is 4. The number of fused-ring (bicyclic) bond motifs is 3. The van der Waals surface area contributed by atoms with Crippen LogP contribution in [0.4, 0.5) is 0 Å². The number of nitrogens with zero attached hydrogens (tertiary/aromatic N) is 2. The van der Waals surface area contributed by atoms with Crippen molar-refractivity contribution in [1.82, 2.24) is 9.80 Å². The molecule has 3 aromatic rings. The Morgan fingerprint density at radius 2 is 1.43 bits per heavy atom. The number of ketones is 1. The van der Waals surface area contributed by atoms with Gasteiger partial charge in [-0.3, -0.25) is 24.2 Å². The summed E-state index contributed by atoms with van der Waals surface area (Å²) in [5.41, 5.74) is 7.34. The Morgan fingerprint density at radius 3 is 2.14 bits per heavy atom. The fourth-order valence-corrected chi connectivity index (χ4v) is 5.86. The first kappa shape index (κ1) is 21.7. The number of amides is 2. The predicted molar refractivity (Wildman–Crippen MR) is 134 cm³/mol. The van der Waals surface area contributed by atoms with Crippen LogP contribution in [0.2, 0.25) is 0 Å². The van der Waals surface area contributed by atoms with Gasteiger partial charge in [-0.2, -0.15) is 0 Å². The molecule has 5 nitrogen and oxygen atoms in total. The standard InChI is InChI=1S/C30H26N2O3/c1-19-16-21-9-3-5-11-23(21)28(19)27(33)18-31-15-14-20-8-2-4-10-22(20)26(31)17-32-29(34)24-12-6-7-13-25(24)30(32)35/h2-13,26H,14-18H2,1H3. The Balaban J connectivity index is 1.31. The van der Waals surface area contributed by atoms with Gasteiger partial charge in [0.05, 0.1) is 23.7 Å². The van der Waals surface area contributed by atoms with Crippen molar-refractivity contribution >= 4 is 23.2 Å². The monoisotopic (exact) mass is 462 g/mol. The van der Waals surface area contributed by atoms with Crippen molar-refractivity contribution in [2.24, 2.45) is 0 Å². The number of imide groups is 1. The van der Waals surface area contributed by atoms with Crippen LogP contribution >= 0.6 is 0 Å². The molecular formula is C30H26N2O3. The molecule has 0 saturated heterocycles. The van der Waals surface area contributed by atoms with E-state index in [0.29, 0.717) is 17.7 Å². The first-order valence-corrected chi connectivity index (χ1v) is 12.1. The van der Waals surface area contributed by atoms with E-state index in [9.17, 15) is 14.4 Å². The lowest BCUT2D eigenvalue weighted by Gasteiger charge is -2.38. The largest absolute Gasteiger partial charge is 0.293 e. The summed E-state index contributed by atoms with van der Waals surface area (Å²) in [4.78, 5) is 43.4. The van der Waals surface area contributed by atoms with E-state index < -0.39 is 0 Å². The number of carbonyl (C=O) groups is 3. The van der Waals surface area contributed by atoms with Crippen molar-refractivity contribution in [2.75, 3.05) is 19.6 Å². The van der Waals surface area contributed by atoms with Gasteiger partial charge >= 0.3 is 0 Å². The highest BCUT2D eigenvalue weighted by Crippen LogP contribution is 2.36. The van der Waals surface area contributed by atoms with Crippen LogP contribution in [-0.2, 0) is 17.6 Å². The molecule has 1 unspecified atom stereocenters. The van der Waals surface area contributed by atoms with Crippen molar-refractivity contribution in [3.05, 3.63) is 112 Å². The first-order chi connectivity index (χ1) is 17.0. The minimum Gasteiger partial charge on any atom is -0.293 e. The van der Waals surface area contributed by atoms with Crippen molar-refractivity contribution in [3.63, 3.8) is 0 Å². The third-order valence-electron chi connectivity index (χ3n) is 7.55. The maximum atomic E-state index is 13.6. The van der Waals surface area contributed by atoms with Gasteiger partial charge < -0.3 is 0 Å². The molecule has 0 aromatic heterocycles. The van der Waals surface area contributed by atoms with Gasteiger partial charge in [0.15, 0.2) is 5.78 Å². The van der Waals surface area contributed by atoms with Crippen LogP contribution in [-0.4, -0.2) is 47.0 Å². The molecule has 0 spiro atoms. The molecule has 5 heteroatoms. The Morgan fingerprint density at radius 1 is 0.829 bits per heavy atom. The lowest BCUT2D eigenvalue weighted by molar-refractivity contribution is -0.115. The fourth-order valence-electron chi connectivity index (χ4n) is 5.86. The highest BCUT2D eigenvalue weighted by molar-refractivity contribution is 6.24. The number of rotatable bonds is 5. The first-order valence-electron chi connectivity index (χ1n) is 12.1. The van der Waals surface area contributed by atoms with Crippen LogP contribution < -0.4 is 0 Å². The molecular weight excluding hydrogens is 436 g/mol. The Bertz CT molecular complexity index is 1390. The molecule has 35 heavy (non-hydrogen) atoms. The molecule has 2 amide bonds. The van der Waals surface area contributed by atoms with E-state index >= 15 is 0 Å². The minimum absolute atomic E-state index is 0.0965. The highest BCUT2D eigenvalue weighted by Gasteiger charge is 2.40. The zero-order chi connectivity index (χ0) is 24.1. The van der Waals surface area contributed by atoms with E-state index in [0.717, 1.165) is 35.1 Å². The van der Waals surface area contributed by atoms with Crippen molar-refractivity contribution in [1.29, 1.82) is 0 Å². The Hall–Kier alpha value is -3.83. The molecule has 0 N–H and O–H groups in total. The number of Topliss-reactive ketones (excluding diaryl/α,β-unsaturated/α-hetero) is 1. The minimum atomic E-state index is -0.261. The van der Waals surface area contributed by atoms with Crippen molar-refractivity contribution in [2.45, 2.75) is 25.8 Å². The smallest absolute Gasteiger partial charge is 0.261 e. The van der Waals surface area contributed by atoms with Crippen molar-refractivity contribution in [3.8, 4) is 0 Å². The molecule has 2 aliphatic heterocycles. The second-order valence-corrected chi connectivity index (χ2v) is 9.61. The van der Waals surface area contributed by atoms with Crippen molar-refractivity contribution < 1.29 is 14.4 Å². The van der Waals surface area contributed by atoms with Gasteiger partial charge in [0.2, 0.25) is 0 Å². The second kappa shape index (κ2) is 8.43. The zero-order valence-electron chi connectivity index (χ0n) is 19.7.